The van der Waals surface area contributed by atoms with E-state index in [1.807, 2.05) is 0 Å². The van der Waals surface area contributed by atoms with E-state index in [-0.39, 0.29) is 11.3 Å². The number of hydrogen-bond acceptors (Lipinski definition) is 6. The summed E-state index contributed by atoms with van der Waals surface area (Å²) in [7, 11) is 1.69. The van der Waals surface area contributed by atoms with Crippen LogP contribution < -0.4 is 5.73 Å². The molecular formula is C15H27N3O3. The largest absolute Gasteiger partial charge is 0.381 e. The van der Waals surface area contributed by atoms with Crippen LogP contribution in [0.5, 0.6) is 0 Å². The maximum absolute atomic E-state index is 5.89. The van der Waals surface area contributed by atoms with Crippen molar-refractivity contribution in [2.75, 3.05) is 26.9 Å². The number of aromatic nitrogens is 2. The summed E-state index contributed by atoms with van der Waals surface area (Å²) in [5, 5.41) is 4.16. The van der Waals surface area contributed by atoms with Crippen LogP contribution in [0.15, 0.2) is 4.52 Å². The van der Waals surface area contributed by atoms with Crippen molar-refractivity contribution in [2.45, 2.75) is 51.6 Å². The highest BCUT2D eigenvalue weighted by molar-refractivity contribution is 5.05. The van der Waals surface area contributed by atoms with Crippen LogP contribution in [0.4, 0.5) is 0 Å². The van der Waals surface area contributed by atoms with E-state index >= 15 is 0 Å². The molecule has 21 heavy (non-hydrogen) atoms. The van der Waals surface area contributed by atoms with E-state index in [2.05, 4.69) is 30.9 Å². The summed E-state index contributed by atoms with van der Waals surface area (Å²) >= 11 is 0. The minimum absolute atomic E-state index is 0.0833. The average molecular weight is 297 g/mol. The molecular weight excluding hydrogens is 270 g/mol. The Morgan fingerprint density at radius 1 is 1.33 bits per heavy atom. The van der Waals surface area contributed by atoms with Gasteiger partial charge in [0, 0.05) is 39.7 Å². The Morgan fingerprint density at radius 3 is 2.52 bits per heavy atom. The molecule has 1 aliphatic heterocycles. The maximum atomic E-state index is 5.89. The summed E-state index contributed by atoms with van der Waals surface area (Å²) in [6, 6.07) is 0. The van der Waals surface area contributed by atoms with E-state index in [0.717, 1.165) is 19.3 Å². The van der Waals surface area contributed by atoms with Crippen molar-refractivity contribution in [3.63, 3.8) is 0 Å². The fourth-order valence-corrected chi connectivity index (χ4v) is 2.82. The van der Waals surface area contributed by atoms with Crippen LogP contribution in [0, 0.1) is 5.41 Å². The summed E-state index contributed by atoms with van der Waals surface area (Å²) in [6.45, 7) is 8.36. The topological polar surface area (TPSA) is 83.4 Å². The Bertz CT molecular complexity index is 447. The first-order valence-corrected chi connectivity index (χ1v) is 7.57. The molecule has 0 aliphatic carbocycles. The van der Waals surface area contributed by atoms with Gasteiger partial charge < -0.3 is 19.7 Å². The van der Waals surface area contributed by atoms with Crippen molar-refractivity contribution in [1.29, 1.82) is 0 Å². The van der Waals surface area contributed by atoms with Crippen LogP contribution in [-0.4, -0.2) is 37.0 Å². The van der Waals surface area contributed by atoms with Crippen LogP contribution in [0.1, 0.15) is 57.7 Å². The van der Waals surface area contributed by atoms with Crippen LogP contribution >= 0.6 is 0 Å². The lowest BCUT2D eigenvalue weighted by molar-refractivity contribution is -0.101. The summed E-state index contributed by atoms with van der Waals surface area (Å²) < 4.78 is 16.6. The van der Waals surface area contributed by atoms with Gasteiger partial charge in [0.1, 0.15) is 5.60 Å². The fraction of sp³-hybridized carbons (Fsp3) is 0.867. The first kappa shape index (κ1) is 16.4. The van der Waals surface area contributed by atoms with E-state index in [4.69, 9.17) is 19.7 Å². The summed E-state index contributed by atoms with van der Waals surface area (Å²) in [5.41, 5.74) is 5.56. The Hall–Kier alpha value is -0.980. The quantitative estimate of drug-likeness (QED) is 0.897. The zero-order chi connectivity index (χ0) is 15.5. The molecule has 1 aliphatic rings. The molecule has 1 unspecified atom stereocenters. The van der Waals surface area contributed by atoms with Crippen molar-refractivity contribution in [2.24, 2.45) is 11.1 Å². The molecule has 6 nitrogen and oxygen atoms in total. The van der Waals surface area contributed by atoms with Crippen LogP contribution in [-0.2, 0) is 15.1 Å². The summed E-state index contributed by atoms with van der Waals surface area (Å²) in [4.78, 5) is 4.59. The molecule has 6 heteroatoms. The molecule has 1 saturated heterocycles. The van der Waals surface area contributed by atoms with Crippen molar-refractivity contribution in [3.05, 3.63) is 11.7 Å². The lowest BCUT2D eigenvalue weighted by Crippen LogP contribution is -2.36. The van der Waals surface area contributed by atoms with E-state index < -0.39 is 5.60 Å². The minimum atomic E-state index is -0.485. The second kappa shape index (κ2) is 6.42. The van der Waals surface area contributed by atoms with Gasteiger partial charge in [0.2, 0.25) is 11.7 Å². The Kier molecular flexibility index (Phi) is 5.01. The molecule has 1 aromatic rings. The highest BCUT2D eigenvalue weighted by atomic mass is 16.5. The molecule has 0 spiro atoms. The van der Waals surface area contributed by atoms with Gasteiger partial charge >= 0.3 is 0 Å². The molecule has 120 valence electrons. The van der Waals surface area contributed by atoms with Crippen molar-refractivity contribution < 1.29 is 14.0 Å². The first-order chi connectivity index (χ1) is 9.90. The molecule has 2 N–H and O–H groups in total. The predicted molar refractivity (Wildman–Crippen MR) is 78.9 cm³/mol. The molecule has 1 fully saturated rings. The molecule has 0 radical (unpaired) electrons. The highest BCUT2D eigenvalue weighted by Gasteiger charge is 2.39. The zero-order valence-corrected chi connectivity index (χ0v) is 13.5. The third-order valence-corrected chi connectivity index (χ3v) is 4.03. The van der Waals surface area contributed by atoms with Gasteiger partial charge in [-0.3, -0.25) is 0 Å². The van der Waals surface area contributed by atoms with E-state index in [1.165, 1.54) is 0 Å². The Morgan fingerprint density at radius 2 is 2.00 bits per heavy atom. The van der Waals surface area contributed by atoms with Crippen LogP contribution in [0.2, 0.25) is 0 Å². The second-order valence-corrected chi connectivity index (χ2v) is 6.96. The van der Waals surface area contributed by atoms with E-state index in [0.29, 0.717) is 31.5 Å². The molecule has 0 aromatic carbocycles. The van der Waals surface area contributed by atoms with Gasteiger partial charge in [0.15, 0.2) is 0 Å². The number of ether oxygens (including phenoxy) is 2. The fourth-order valence-electron chi connectivity index (χ4n) is 2.82. The summed E-state index contributed by atoms with van der Waals surface area (Å²) in [6.07, 6.45) is 2.40. The normalized spacial score (nSPS) is 20.4. The predicted octanol–water partition coefficient (Wildman–Crippen LogP) is 2.20. The lowest BCUT2D eigenvalue weighted by Gasteiger charge is -2.32. The molecule has 1 aromatic heterocycles. The number of nitrogens with two attached hydrogens (primary N) is 1. The minimum Gasteiger partial charge on any atom is -0.381 e. The summed E-state index contributed by atoms with van der Waals surface area (Å²) in [5.74, 6) is 1.32. The van der Waals surface area contributed by atoms with E-state index in [9.17, 15) is 0 Å². The number of rotatable bonds is 5. The third-order valence-electron chi connectivity index (χ3n) is 4.03. The SMILES string of the molecule is COC1(c2noc(C(CN)CC(C)(C)C)n2)CCOCC1. The van der Waals surface area contributed by atoms with Crippen molar-refractivity contribution in [1.82, 2.24) is 10.1 Å². The van der Waals surface area contributed by atoms with Gasteiger partial charge in [-0.1, -0.05) is 25.9 Å². The average Bonchev–Trinajstić information content (AvgIpc) is 2.95. The number of hydrogen-bond donors (Lipinski definition) is 1. The van der Waals surface area contributed by atoms with Gasteiger partial charge in [-0.05, 0) is 11.8 Å². The van der Waals surface area contributed by atoms with Gasteiger partial charge in [-0.2, -0.15) is 4.98 Å². The zero-order valence-electron chi connectivity index (χ0n) is 13.5. The Balaban J connectivity index is 2.19. The van der Waals surface area contributed by atoms with Gasteiger partial charge in [-0.15, -0.1) is 0 Å². The molecule has 1 atom stereocenters. The van der Waals surface area contributed by atoms with Gasteiger partial charge in [-0.25, -0.2) is 0 Å². The highest BCUT2D eigenvalue weighted by Crippen LogP contribution is 2.35. The first-order valence-electron chi connectivity index (χ1n) is 7.57. The van der Waals surface area contributed by atoms with Gasteiger partial charge in [0.25, 0.3) is 0 Å². The molecule has 0 saturated carbocycles. The van der Waals surface area contributed by atoms with Crippen LogP contribution in [0.3, 0.4) is 0 Å². The van der Waals surface area contributed by atoms with Gasteiger partial charge in [0.05, 0.1) is 5.92 Å². The van der Waals surface area contributed by atoms with Crippen molar-refractivity contribution in [3.8, 4) is 0 Å². The molecule has 0 amide bonds. The van der Waals surface area contributed by atoms with E-state index in [1.54, 1.807) is 7.11 Å². The molecule has 0 bridgehead atoms. The monoisotopic (exact) mass is 297 g/mol. The maximum Gasteiger partial charge on any atom is 0.231 e. The number of methoxy groups -OCH3 is 1. The molecule has 2 heterocycles. The third kappa shape index (κ3) is 3.81. The number of nitrogens with zero attached hydrogens (tertiary/aromatic N) is 2. The smallest absolute Gasteiger partial charge is 0.231 e. The second-order valence-electron chi connectivity index (χ2n) is 6.96. The lowest BCUT2D eigenvalue weighted by atomic mass is 9.84. The standard InChI is InChI=1S/C15H27N3O3/c1-14(2,3)9-11(10-16)12-17-13(18-21-12)15(19-4)5-7-20-8-6-15/h11H,5-10,16H2,1-4H3. The Labute approximate surface area is 126 Å². The van der Waals surface area contributed by atoms with Crippen molar-refractivity contribution >= 4 is 0 Å². The molecule has 2 rings (SSSR count). The van der Waals surface area contributed by atoms with Crippen LogP contribution in [0.25, 0.3) is 0 Å².